The number of hydrogen-bond donors (Lipinski definition) is 1. The second-order valence-corrected chi connectivity index (χ2v) is 11.2. The lowest BCUT2D eigenvalue weighted by Gasteiger charge is -2.32. The number of nitrogens with zero attached hydrogens (tertiary/aromatic N) is 3. The van der Waals surface area contributed by atoms with Crippen LogP contribution in [0.2, 0.25) is 0 Å². The number of aromatic amines is 1. The second kappa shape index (κ2) is 11.8. The molecule has 0 saturated carbocycles. The van der Waals surface area contributed by atoms with Crippen LogP contribution in [0.15, 0.2) is 29.2 Å². The van der Waals surface area contributed by atoms with Gasteiger partial charge in [-0.3, -0.25) is 14.1 Å². The summed E-state index contributed by atoms with van der Waals surface area (Å²) in [5.41, 5.74) is 2.81. The molecule has 0 bridgehead atoms. The summed E-state index contributed by atoms with van der Waals surface area (Å²) in [6, 6.07) is 7.51. The van der Waals surface area contributed by atoms with E-state index in [2.05, 4.69) is 15.1 Å². The van der Waals surface area contributed by atoms with Crippen molar-refractivity contribution in [3.63, 3.8) is 0 Å². The van der Waals surface area contributed by atoms with Gasteiger partial charge in [-0.15, -0.1) is 0 Å². The number of morpholine rings is 1. The fraction of sp³-hybridized carbons (Fsp3) is 0.615. The normalized spacial score (nSPS) is 23.1. The van der Waals surface area contributed by atoms with Crippen LogP contribution in [0.1, 0.15) is 48.2 Å². The third-order valence-corrected chi connectivity index (χ3v) is 8.75. The van der Waals surface area contributed by atoms with Gasteiger partial charge in [0, 0.05) is 48.9 Å². The molecule has 1 aromatic carbocycles. The highest BCUT2D eigenvalue weighted by molar-refractivity contribution is 7.84. The number of rotatable bonds is 3. The van der Waals surface area contributed by atoms with Crippen LogP contribution < -0.4 is 0 Å². The van der Waals surface area contributed by atoms with Gasteiger partial charge in [-0.05, 0) is 50.8 Å². The van der Waals surface area contributed by atoms with Crippen molar-refractivity contribution >= 4 is 16.7 Å². The van der Waals surface area contributed by atoms with Gasteiger partial charge >= 0.3 is 0 Å². The molecule has 190 valence electrons. The minimum Gasteiger partial charge on any atom is -0.381 e. The number of hydrogen-bond acceptors (Lipinski definition) is 6. The Morgan fingerprint density at radius 3 is 2.49 bits per heavy atom. The minimum atomic E-state index is -1.14. The van der Waals surface area contributed by atoms with Crippen molar-refractivity contribution in [3.05, 3.63) is 35.5 Å². The molecule has 1 amide bonds. The van der Waals surface area contributed by atoms with Crippen LogP contribution in [-0.2, 0) is 26.0 Å². The van der Waals surface area contributed by atoms with Gasteiger partial charge in [-0.2, -0.15) is 5.10 Å². The second-order valence-electron chi connectivity index (χ2n) is 9.73. The number of amides is 1. The molecule has 4 aliphatic heterocycles. The van der Waals surface area contributed by atoms with Gasteiger partial charge in [0.05, 0.1) is 35.5 Å². The molecule has 1 atom stereocenters. The molecule has 0 spiro atoms. The summed E-state index contributed by atoms with van der Waals surface area (Å²) in [6.07, 6.45) is 6.86. The van der Waals surface area contributed by atoms with Crippen molar-refractivity contribution in [2.45, 2.75) is 42.8 Å². The highest BCUT2D eigenvalue weighted by atomic mass is 32.2. The van der Waals surface area contributed by atoms with Crippen molar-refractivity contribution in [2.24, 2.45) is 5.92 Å². The lowest BCUT2D eigenvalue weighted by molar-refractivity contribution is 0.0298. The number of piperidine rings is 1. The van der Waals surface area contributed by atoms with Crippen molar-refractivity contribution in [1.29, 1.82) is 0 Å². The Morgan fingerprint density at radius 1 is 1.00 bits per heavy atom. The van der Waals surface area contributed by atoms with E-state index in [-0.39, 0.29) is 5.91 Å². The summed E-state index contributed by atoms with van der Waals surface area (Å²) in [7, 11) is -1.14. The summed E-state index contributed by atoms with van der Waals surface area (Å²) < 4.78 is 23.1. The Bertz CT molecular complexity index is 1010. The predicted octanol–water partition coefficient (Wildman–Crippen LogP) is 3.07. The standard InChI is InChI=1S/C15H15N3O3S.C11H21NO/c19-15(18-5-7-21-8-6-18)14-11-9-22(20)12-4-2-1-3-10(12)13(11)16-17-14;1-2-6-12(7-3-1)10-11-4-8-13-9-5-11/h1-4H,5-9H2,(H,16,17);11H,1-10H2. The molecule has 0 aliphatic carbocycles. The molecule has 3 fully saturated rings. The third-order valence-electron chi connectivity index (χ3n) is 7.35. The molecule has 1 N–H and O–H groups in total. The first-order valence-corrected chi connectivity index (χ1v) is 14.2. The maximum Gasteiger partial charge on any atom is 0.272 e. The molecule has 1 aromatic heterocycles. The average molecular weight is 501 g/mol. The molecule has 6 rings (SSSR count). The summed E-state index contributed by atoms with van der Waals surface area (Å²) in [6.45, 7) is 8.28. The first-order chi connectivity index (χ1) is 17.2. The van der Waals surface area contributed by atoms with E-state index in [9.17, 15) is 9.00 Å². The van der Waals surface area contributed by atoms with E-state index in [1.54, 1.807) is 4.90 Å². The van der Waals surface area contributed by atoms with Gasteiger partial charge in [-0.25, -0.2) is 0 Å². The van der Waals surface area contributed by atoms with Gasteiger partial charge < -0.3 is 19.3 Å². The lowest BCUT2D eigenvalue weighted by Crippen LogP contribution is -2.41. The molecule has 8 nitrogen and oxygen atoms in total. The Morgan fingerprint density at radius 2 is 1.71 bits per heavy atom. The maximum atomic E-state index is 12.7. The lowest BCUT2D eigenvalue weighted by atomic mass is 9.98. The fourth-order valence-electron chi connectivity index (χ4n) is 5.34. The molecule has 35 heavy (non-hydrogen) atoms. The number of fused-ring (bicyclic) bond motifs is 3. The van der Waals surface area contributed by atoms with Crippen molar-refractivity contribution in [1.82, 2.24) is 20.0 Å². The number of carbonyl (C=O) groups is 1. The monoisotopic (exact) mass is 500 g/mol. The number of benzene rings is 1. The zero-order valence-corrected chi connectivity index (χ0v) is 21.2. The minimum absolute atomic E-state index is 0.0894. The Kier molecular flexibility index (Phi) is 8.28. The van der Waals surface area contributed by atoms with E-state index >= 15 is 0 Å². The number of likely N-dealkylation sites (tertiary alicyclic amines) is 1. The molecule has 9 heteroatoms. The summed E-state index contributed by atoms with van der Waals surface area (Å²) >= 11 is 0. The van der Waals surface area contributed by atoms with Crippen LogP contribution >= 0.6 is 0 Å². The van der Waals surface area contributed by atoms with Gasteiger partial charge in [0.25, 0.3) is 5.91 Å². The topological polar surface area (TPSA) is 87.8 Å². The zero-order valence-electron chi connectivity index (χ0n) is 20.4. The predicted molar refractivity (Wildman–Crippen MR) is 135 cm³/mol. The Hall–Kier alpha value is -2.07. The third kappa shape index (κ3) is 5.85. The summed E-state index contributed by atoms with van der Waals surface area (Å²) in [5, 5.41) is 7.17. The first-order valence-electron chi connectivity index (χ1n) is 12.9. The molecule has 3 saturated heterocycles. The highest BCUT2D eigenvalue weighted by Gasteiger charge is 2.31. The molecule has 4 aliphatic rings. The molecule has 1 unspecified atom stereocenters. The highest BCUT2D eigenvalue weighted by Crippen LogP contribution is 2.36. The van der Waals surface area contributed by atoms with Crippen molar-refractivity contribution in [3.8, 4) is 11.3 Å². The van der Waals surface area contributed by atoms with Crippen LogP contribution in [0, 0.1) is 5.92 Å². The van der Waals surface area contributed by atoms with E-state index in [1.807, 2.05) is 24.3 Å². The van der Waals surface area contributed by atoms with Gasteiger partial charge in [0.15, 0.2) is 0 Å². The largest absolute Gasteiger partial charge is 0.381 e. The van der Waals surface area contributed by atoms with E-state index < -0.39 is 10.8 Å². The smallest absolute Gasteiger partial charge is 0.272 e. The number of carbonyl (C=O) groups excluding carboxylic acids is 1. The fourth-order valence-corrected chi connectivity index (χ4v) is 6.67. The van der Waals surface area contributed by atoms with E-state index in [4.69, 9.17) is 9.47 Å². The van der Waals surface area contributed by atoms with Crippen LogP contribution in [0.4, 0.5) is 0 Å². The SMILES string of the molecule is C1CCN(CC2CCOCC2)CC1.O=C(c1[nH]nc2c1CS(=O)c1ccccc1-2)N1CCOCC1. The zero-order chi connectivity index (χ0) is 24.0. The molecular formula is C26H36N4O4S. The number of H-pyrrole nitrogens is 1. The van der Waals surface area contributed by atoms with Crippen molar-refractivity contribution < 1.29 is 18.5 Å². The van der Waals surface area contributed by atoms with Crippen LogP contribution in [-0.4, -0.2) is 89.3 Å². The maximum absolute atomic E-state index is 12.7. The van der Waals surface area contributed by atoms with E-state index in [1.165, 1.54) is 51.7 Å². The van der Waals surface area contributed by atoms with Crippen LogP contribution in [0.3, 0.4) is 0 Å². The summed E-state index contributed by atoms with van der Waals surface area (Å²) in [4.78, 5) is 17.8. The number of aromatic nitrogens is 2. The molecule has 2 aromatic rings. The van der Waals surface area contributed by atoms with Crippen LogP contribution in [0.5, 0.6) is 0 Å². The van der Waals surface area contributed by atoms with E-state index in [0.29, 0.717) is 37.8 Å². The number of nitrogens with one attached hydrogen (secondary N) is 1. The Balaban J connectivity index is 0.000000166. The van der Waals surface area contributed by atoms with Crippen LogP contribution in [0.25, 0.3) is 11.3 Å². The van der Waals surface area contributed by atoms with E-state index in [0.717, 1.165) is 40.8 Å². The molecule has 5 heterocycles. The van der Waals surface area contributed by atoms with Gasteiger partial charge in [0.2, 0.25) is 0 Å². The first kappa shape index (κ1) is 24.6. The van der Waals surface area contributed by atoms with Gasteiger partial charge in [0.1, 0.15) is 5.69 Å². The van der Waals surface area contributed by atoms with Gasteiger partial charge in [-0.1, -0.05) is 24.6 Å². The number of ether oxygens (including phenoxy) is 2. The molecule has 0 radical (unpaired) electrons. The van der Waals surface area contributed by atoms with Crippen molar-refractivity contribution in [2.75, 3.05) is 59.2 Å². The quantitative estimate of drug-likeness (QED) is 0.697. The summed E-state index contributed by atoms with van der Waals surface area (Å²) in [5.74, 6) is 1.16. The molecular weight excluding hydrogens is 464 g/mol. The average Bonchev–Trinajstić information content (AvgIpc) is 3.34. The Labute approximate surface area is 209 Å².